The van der Waals surface area contributed by atoms with Crippen molar-refractivity contribution in [3.63, 3.8) is 0 Å². The van der Waals surface area contributed by atoms with Crippen LogP contribution in [-0.2, 0) is 14.3 Å². The fourth-order valence-electron chi connectivity index (χ4n) is 5.60. The lowest BCUT2D eigenvalue weighted by molar-refractivity contribution is -0.141. The Morgan fingerprint density at radius 3 is 1.77 bits per heavy atom. The van der Waals surface area contributed by atoms with Crippen molar-refractivity contribution in [2.45, 2.75) is 92.1 Å². The second-order valence-corrected chi connectivity index (χ2v) is 14.8. The van der Waals surface area contributed by atoms with Gasteiger partial charge in [0, 0.05) is 50.1 Å². The smallest absolute Gasteiger partial charge is 0.410 e. The molecule has 2 fully saturated rings. The summed E-state index contributed by atoms with van der Waals surface area (Å²) in [4.78, 5) is 42.9. The Morgan fingerprint density at radius 2 is 1.28 bits per heavy atom. The molecule has 12 heteroatoms. The minimum absolute atomic E-state index is 0.00741. The maximum Gasteiger partial charge on any atom is 0.410 e. The third-order valence-corrected chi connectivity index (χ3v) is 8.75. The Balaban J connectivity index is 0.000000267. The highest BCUT2D eigenvalue weighted by molar-refractivity contribution is 6.31. The second kappa shape index (κ2) is 16.0. The van der Waals surface area contributed by atoms with E-state index in [9.17, 15) is 23.2 Å². The Morgan fingerprint density at radius 1 is 0.787 bits per heavy atom. The van der Waals surface area contributed by atoms with Crippen LogP contribution in [0.1, 0.15) is 85.5 Å². The number of nitrogens with one attached hydrogen (secondary N) is 1. The van der Waals surface area contributed by atoms with E-state index in [2.05, 4.69) is 5.32 Å². The van der Waals surface area contributed by atoms with Gasteiger partial charge in [0.15, 0.2) is 0 Å². The highest BCUT2D eigenvalue weighted by Gasteiger charge is 2.40. The van der Waals surface area contributed by atoms with Gasteiger partial charge in [0.05, 0.1) is 22.1 Å². The third kappa shape index (κ3) is 10.0. The molecule has 0 radical (unpaired) electrons. The molecule has 2 aliphatic heterocycles. The molecule has 2 saturated heterocycles. The predicted octanol–water partition coefficient (Wildman–Crippen LogP) is 7.64. The fraction of sp³-hybridized carbons (Fsp3) is 0.571. The second-order valence-electron chi connectivity index (χ2n) is 13.9. The third-order valence-electron chi connectivity index (χ3n) is 8.17. The van der Waals surface area contributed by atoms with Crippen LogP contribution in [0.25, 0.3) is 0 Å². The summed E-state index contributed by atoms with van der Waals surface area (Å²) in [5.74, 6) is -0.953. The normalized spacial score (nSPS) is 21.8. The van der Waals surface area contributed by atoms with Gasteiger partial charge in [-0.05, 0) is 70.0 Å². The number of rotatable bonds is 4. The van der Waals surface area contributed by atoms with Gasteiger partial charge in [-0.3, -0.25) is 14.5 Å². The molecule has 4 rings (SSSR count). The zero-order chi connectivity index (χ0) is 35.4. The van der Waals surface area contributed by atoms with Crippen LogP contribution < -0.4 is 5.32 Å². The van der Waals surface area contributed by atoms with Gasteiger partial charge in [-0.15, -0.1) is 0 Å². The zero-order valence-corrected chi connectivity index (χ0v) is 30.3. The molecule has 0 spiro atoms. The summed E-state index contributed by atoms with van der Waals surface area (Å²) in [5.41, 5.74) is 0.932. The molecule has 47 heavy (non-hydrogen) atoms. The lowest BCUT2D eigenvalue weighted by Gasteiger charge is -2.46. The van der Waals surface area contributed by atoms with Gasteiger partial charge < -0.3 is 19.9 Å². The maximum absolute atomic E-state index is 13.6. The predicted molar refractivity (Wildman–Crippen MR) is 181 cm³/mol. The van der Waals surface area contributed by atoms with Crippen LogP contribution in [0, 0.1) is 23.5 Å². The van der Waals surface area contributed by atoms with E-state index in [-0.39, 0.29) is 51.8 Å². The lowest BCUT2D eigenvalue weighted by Crippen LogP contribution is -2.58. The Bertz CT molecular complexity index is 1430. The molecule has 0 saturated carbocycles. The first kappa shape index (κ1) is 38.5. The van der Waals surface area contributed by atoms with Crippen molar-refractivity contribution in [3.05, 3.63) is 69.2 Å². The van der Waals surface area contributed by atoms with Crippen molar-refractivity contribution in [3.8, 4) is 0 Å². The number of halogens is 4. The van der Waals surface area contributed by atoms with Crippen LogP contribution in [-0.4, -0.2) is 76.5 Å². The average molecular weight is 698 g/mol. The van der Waals surface area contributed by atoms with Crippen LogP contribution in [0.15, 0.2) is 36.4 Å². The molecule has 2 heterocycles. The molecule has 2 aromatic carbocycles. The molecule has 0 aliphatic carbocycles. The fourth-order valence-corrected chi connectivity index (χ4v) is 5.97. The van der Waals surface area contributed by atoms with Gasteiger partial charge >= 0.3 is 6.09 Å². The topological polar surface area (TPSA) is 82.2 Å². The van der Waals surface area contributed by atoms with Gasteiger partial charge in [0.1, 0.15) is 17.2 Å². The average Bonchev–Trinajstić information content (AvgIpc) is 2.98. The van der Waals surface area contributed by atoms with Crippen molar-refractivity contribution in [2.75, 3.05) is 26.2 Å². The number of carbonyl (C=O) groups excluding carboxylic acids is 3. The van der Waals surface area contributed by atoms with E-state index in [4.69, 9.17) is 27.9 Å². The Hall–Kier alpha value is -2.95. The molecule has 1 unspecified atom stereocenters. The van der Waals surface area contributed by atoms with E-state index in [1.165, 1.54) is 18.2 Å². The van der Waals surface area contributed by atoms with Crippen LogP contribution in [0.4, 0.5) is 13.6 Å². The van der Waals surface area contributed by atoms with Crippen LogP contribution in [0.2, 0.25) is 10.0 Å². The zero-order valence-electron chi connectivity index (χ0n) is 28.7. The number of amides is 3. The molecule has 0 aromatic heterocycles. The minimum atomic E-state index is -0.643. The molecule has 0 bridgehead atoms. The van der Waals surface area contributed by atoms with Crippen molar-refractivity contribution in [1.82, 2.24) is 20.0 Å². The maximum atomic E-state index is 13.6. The van der Waals surface area contributed by atoms with Crippen LogP contribution in [0.3, 0.4) is 0 Å². The molecule has 260 valence electrons. The number of benzene rings is 2. The van der Waals surface area contributed by atoms with Crippen molar-refractivity contribution < 1.29 is 27.9 Å². The molecule has 8 nitrogen and oxygen atoms in total. The van der Waals surface area contributed by atoms with Crippen molar-refractivity contribution >= 4 is 41.1 Å². The van der Waals surface area contributed by atoms with Crippen LogP contribution >= 0.6 is 23.2 Å². The Kier molecular flexibility index (Phi) is 13.1. The van der Waals surface area contributed by atoms with Gasteiger partial charge in [-0.1, -0.05) is 63.0 Å². The van der Waals surface area contributed by atoms with Gasteiger partial charge in [0.2, 0.25) is 11.8 Å². The van der Waals surface area contributed by atoms with Gasteiger partial charge in [-0.2, -0.15) is 0 Å². The SMILES string of the molecule is CC(C)C(=O)N1CC(c2ccc(F)c(Cl)c2)NC[C@H]1C.CC(C)C(=O)N1C[C@H](c2ccc(F)c(Cl)c2)N(C(=O)OC(C)(C)C)C[C@H]1C. The minimum Gasteiger partial charge on any atom is -0.444 e. The highest BCUT2D eigenvalue weighted by atomic mass is 35.5. The molecule has 4 atom stereocenters. The lowest BCUT2D eigenvalue weighted by atomic mass is 9.98. The highest BCUT2D eigenvalue weighted by Crippen LogP contribution is 2.32. The molecule has 2 aromatic rings. The Labute approximate surface area is 287 Å². The first-order valence-electron chi connectivity index (χ1n) is 16.0. The number of hydrogen-bond acceptors (Lipinski definition) is 5. The number of hydrogen-bond donors (Lipinski definition) is 1. The van der Waals surface area contributed by atoms with E-state index >= 15 is 0 Å². The number of piperazine rings is 2. The summed E-state index contributed by atoms with van der Waals surface area (Å²) in [6, 6.07) is 8.63. The largest absolute Gasteiger partial charge is 0.444 e. The standard InChI is InChI=1S/C20H28ClFN2O3.C15H20ClFN2O/c1-12(2)18(25)23-11-17(14-7-8-16(22)15(21)9-14)24(10-13(23)3)19(26)27-20(4,5)6;1-9(2)15(20)19-8-14(18-7-10(19)3)11-4-5-13(17)12(16)6-11/h7-9,12-13,17H,10-11H2,1-6H3;4-6,9-10,14,18H,7-8H2,1-3H3/t13-,17-;10-,14?/m11/s1. The summed E-state index contributed by atoms with van der Waals surface area (Å²) in [5, 5.41) is 3.48. The van der Waals surface area contributed by atoms with Crippen molar-refractivity contribution in [1.29, 1.82) is 0 Å². The number of ether oxygens (including phenoxy) is 1. The van der Waals surface area contributed by atoms with E-state index < -0.39 is 29.4 Å². The first-order chi connectivity index (χ1) is 21.8. The first-order valence-corrected chi connectivity index (χ1v) is 16.8. The quantitative estimate of drug-likeness (QED) is 0.355. The van der Waals surface area contributed by atoms with E-state index in [0.29, 0.717) is 25.2 Å². The summed E-state index contributed by atoms with van der Waals surface area (Å²) < 4.78 is 32.4. The van der Waals surface area contributed by atoms with Gasteiger partial charge in [0.25, 0.3) is 0 Å². The monoisotopic (exact) mass is 696 g/mol. The molecule has 1 N–H and O–H groups in total. The summed E-state index contributed by atoms with van der Waals surface area (Å²) >= 11 is 11.8. The molecule has 2 aliphatic rings. The number of nitrogens with zero attached hydrogens (tertiary/aromatic N) is 3. The summed E-state index contributed by atoms with van der Waals surface area (Å²) in [7, 11) is 0. The van der Waals surface area contributed by atoms with Crippen molar-refractivity contribution in [2.24, 2.45) is 11.8 Å². The molecule has 3 amide bonds. The summed E-state index contributed by atoms with van der Waals surface area (Å²) in [6.45, 7) is 18.8. The summed E-state index contributed by atoms with van der Waals surface area (Å²) in [6.07, 6.45) is -0.462. The van der Waals surface area contributed by atoms with E-state index in [1.54, 1.807) is 48.8 Å². The number of carbonyl (C=O) groups is 3. The molecular formula is C35H48Cl2F2N4O4. The van der Waals surface area contributed by atoms with E-state index in [1.807, 2.05) is 46.4 Å². The molecular weight excluding hydrogens is 649 g/mol. The van der Waals surface area contributed by atoms with E-state index in [0.717, 1.165) is 12.1 Å². The van der Waals surface area contributed by atoms with Gasteiger partial charge in [-0.25, -0.2) is 13.6 Å². The van der Waals surface area contributed by atoms with Crippen LogP contribution in [0.5, 0.6) is 0 Å².